The third kappa shape index (κ3) is 2.70. The van der Waals surface area contributed by atoms with Crippen molar-refractivity contribution in [2.45, 2.75) is 33.1 Å². The summed E-state index contributed by atoms with van der Waals surface area (Å²) in [6.07, 6.45) is 5.05. The molecule has 0 amide bonds. The fraction of sp³-hybridized carbons (Fsp3) is 0.429. The highest BCUT2D eigenvalue weighted by atomic mass is 15.0. The lowest BCUT2D eigenvalue weighted by Crippen LogP contribution is -2.18. The first kappa shape index (κ1) is 13.4. The zero-order valence-electron chi connectivity index (χ0n) is 12.0. The summed E-state index contributed by atoms with van der Waals surface area (Å²) in [7, 11) is 1.86. The highest BCUT2D eigenvalue weighted by Gasteiger charge is 2.21. The molecule has 0 radical (unpaired) electrons. The highest BCUT2D eigenvalue weighted by molar-refractivity contribution is 5.64. The number of nitrogens with one attached hydrogen (secondary N) is 1. The molecule has 100 valence electrons. The summed E-state index contributed by atoms with van der Waals surface area (Å²) in [5.41, 5.74) is 2.47. The van der Waals surface area contributed by atoms with Crippen LogP contribution in [0.1, 0.15) is 32.2 Å². The molecule has 0 aliphatic carbocycles. The van der Waals surface area contributed by atoms with Crippen LogP contribution in [0.25, 0.3) is 11.4 Å². The van der Waals surface area contributed by atoms with Gasteiger partial charge < -0.3 is 5.32 Å². The summed E-state index contributed by atoms with van der Waals surface area (Å²) < 4.78 is 0. The molecule has 5 heteroatoms. The first-order valence-corrected chi connectivity index (χ1v) is 6.26. The van der Waals surface area contributed by atoms with Gasteiger partial charge in [0.2, 0.25) is 0 Å². The van der Waals surface area contributed by atoms with Crippen molar-refractivity contribution in [3.63, 3.8) is 0 Å². The Kier molecular flexibility index (Phi) is 3.46. The third-order valence-electron chi connectivity index (χ3n) is 2.86. The van der Waals surface area contributed by atoms with Gasteiger partial charge in [-0.25, -0.2) is 9.97 Å². The Balaban J connectivity index is 2.66. The first-order valence-electron chi connectivity index (χ1n) is 6.26. The van der Waals surface area contributed by atoms with E-state index in [2.05, 4.69) is 46.0 Å². The lowest BCUT2D eigenvalue weighted by atomic mass is 9.95. The molecule has 2 rings (SSSR count). The second kappa shape index (κ2) is 4.91. The van der Waals surface area contributed by atoms with Crippen molar-refractivity contribution in [2.24, 2.45) is 0 Å². The SMILES string of the molecule is CNc1nc(C(C)(C)C)nc(-c2cnccn2)c1C. The fourth-order valence-corrected chi connectivity index (χ4v) is 1.77. The zero-order valence-corrected chi connectivity index (χ0v) is 12.0. The van der Waals surface area contributed by atoms with Gasteiger partial charge in [0.25, 0.3) is 0 Å². The molecular weight excluding hydrogens is 238 g/mol. The van der Waals surface area contributed by atoms with E-state index in [-0.39, 0.29) is 5.41 Å². The third-order valence-corrected chi connectivity index (χ3v) is 2.86. The predicted molar refractivity (Wildman–Crippen MR) is 76.0 cm³/mol. The van der Waals surface area contributed by atoms with Crippen molar-refractivity contribution >= 4 is 5.82 Å². The molecule has 0 saturated heterocycles. The molecule has 5 nitrogen and oxygen atoms in total. The number of anilines is 1. The van der Waals surface area contributed by atoms with Crippen LogP contribution in [0.3, 0.4) is 0 Å². The van der Waals surface area contributed by atoms with E-state index in [0.717, 1.165) is 28.6 Å². The second-order valence-corrected chi connectivity index (χ2v) is 5.46. The molecular formula is C14H19N5. The average Bonchev–Trinajstić information content (AvgIpc) is 2.38. The van der Waals surface area contributed by atoms with E-state index in [9.17, 15) is 0 Å². The van der Waals surface area contributed by atoms with Gasteiger partial charge >= 0.3 is 0 Å². The van der Waals surface area contributed by atoms with Crippen molar-refractivity contribution < 1.29 is 0 Å². The molecule has 2 heterocycles. The van der Waals surface area contributed by atoms with Gasteiger partial charge in [-0.15, -0.1) is 0 Å². The van der Waals surface area contributed by atoms with Crippen LogP contribution in [0.5, 0.6) is 0 Å². The van der Waals surface area contributed by atoms with Gasteiger partial charge in [0, 0.05) is 30.4 Å². The van der Waals surface area contributed by atoms with Crippen LogP contribution in [-0.4, -0.2) is 27.0 Å². The second-order valence-electron chi connectivity index (χ2n) is 5.46. The Morgan fingerprint density at radius 2 is 1.84 bits per heavy atom. The minimum atomic E-state index is -0.115. The quantitative estimate of drug-likeness (QED) is 0.895. The van der Waals surface area contributed by atoms with Crippen LogP contribution < -0.4 is 5.32 Å². The van der Waals surface area contributed by atoms with E-state index in [0.29, 0.717) is 0 Å². The number of aromatic nitrogens is 4. The Hall–Kier alpha value is -2.04. The van der Waals surface area contributed by atoms with Gasteiger partial charge in [0.1, 0.15) is 17.3 Å². The largest absolute Gasteiger partial charge is 0.373 e. The van der Waals surface area contributed by atoms with Crippen molar-refractivity contribution in [3.05, 3.63) is 30.0 Å². The monoisotopic (exact) mass is 257 g/mol. The molecule has 2 aromatic heterocycles. The van der Waals surface area contributed by atoms with Crippen molar-refractivity contribution in [1.82, 2.24) is 19.9 Å². The minimum Gasteiger partial charge on any atom is -0.373 e. The maximum Gasteiger partial charge on any atom is 0.136 e. The number of rotatable bonds is 2. The maximum absolute atomic E-state index is 4.67. The molecule has 0 unspecified atom stereocenters. The van der Waals surface area contributed by atoms with Crippen LogP contribution in [0, 0.1) is 6.92 Å². The van der Waals surface area contributed by atoms with Crippen LogP contribution in [0.15, 0.2) is 18.6 Å². The van der Waals surface area contributed by atoms with Crippen LogP contribution in [-0.2, 0) is 5.41 Å². The van der Waals surface area contributed by atoms with E-state index in [4.69, 9.17) is 0 Å². The summed E-state index contributed by atoms with van der Waals surface area (Å²) >= 11 is 0. The van der Waals surface area contributed by atoms with Crippen molar-refractivity contribution in [2.75, 3.05) is 12.4 Å². The van der Waals surface area contributed by atoms with E-state index in [1.165, 1.54) is 0 Å². The molecule has 1 N–H and O–H groups in total. The molecule has 0 aliphatic rings. The number of nitrogens with zero attached hydrogens (tertiary/aromatic N) is 4. The van der Waals surface area contributed by atoms with Gasteiger partial charge in [-0.2, -0.15) is 0 Å². The Bertz CT molecular complexity index is 572. The molecule has 0 bridgehead atoms. The first-order chi connectivity index (χ1) is 8.93. The minimum absolute atomic E-state index is 0.115. The highest BCUT2D eigenvalue weighted by Crippen LogP contribution is 2.27. The van der Waals surface area contributed by atoms with E-state index in [1.807, 2.05) is 14.0 Å². The summed E-state index contributed by atoms with van der Waals surface area (Å²) in [4.78, 5) is 17.7. The predicted octanol–water partition coefficient (Wildman–Crippen LogP) is 2.58. The van der Waals surface area contributed by atoms with Crippen molar-refractivity contribution in [3.8, 4) is 11.4 Å². The van der Waals surface area contributed by atoms with Gasteiger partial charge in [-0.1, -0.05) is 20.8 Å². The Morgan fingerprint density at radius 1 is 1.11 bits per heavy atom. The molecule has 0 aromatic carbocycles. The molecule has 0 saturated carbocycles. The molecule has 0 fully saturated rings. The fourth-order valence-electron chi connectivity index (χ4n) is 1.77. The average molecular weight is 257 g/mol. The van der Waals surface area contributed by atoms with Crippen LogP contribution in [0.2, 0.25) is 0 Å². The smallest absolute Gasteiger partial charge is 0.136 e. The lowest BCUT2D eigenvalue weighted by Gasteiger charge is -2.20. The van der Waals surface area contributed by atoms with Gasteiger partial charge in [0.15, 0.2) is 0 Å². The summed E-state index contributed by atoms with van der Waals surface area (Å²) in [6, 6.07) is 0. The van der Waals surface area contributed by atoms with E-state index < -0.39 is 0 Å². The Morgan fingerprint density at radius 3 is 2.37 bits per heavy atom. The van der Waals surface area contributed by atoms with Gasteiger partial charge in [-0.3, -0.25) is 9.97 Å². The van der Waals surface area contributed by atoms with Gasteiger partial charge in [0.05, 0.1) is 11.9 Å². The molecule has 0 aliphatic heterocycles. The van der Waals surface area contributed by atoms with Crippen LogP contribution >= 0.6 is 0 Å². The number of hydrogen-bond acceptors (Lipinski definition) is 5. The molecule has 0 atom stereocenters. The van der Waals surface area contributed by atoms with E-state index >= 15 is 0 Å². The summed E-state index contributed by atoms with van der Waals surface area (Å²) in [5, 5.41) is 3.12. The Labute approximate surface area is 113 Å². The van der Waals surface area contributed by atoms with Crippen LogP contribution in [0.4, 0.5) is 5.82 Å². The van der Waals surface area contributed by atoms with Gasteiger partial charge in [-0.05, 0) is 6.92 Å². The molecule has 2 aromatic rings. The molecule has 0 spiro atoms. The zero-order chi connectivity index (χ0) is 14.0. The normalized spacial score (nSPS) is 11.4. The number of hydrogen-bond donors (Lipinski definition) is 1. The standard InChI is InChI=1S/C14H19N5/c1-9-11(10-8-16-6-7-17-10)18-13(14(2,3)4)19-12(9)15-5/h6-8H,1-5H3,(H,15,18,19). The lowest BCUT2D eigenvalue weighted by molar-refractivity contribution is 0.546. The summed E-state index contributed by atoms with van der Waals surface area (Å²) in [5.74, 6) is 1.63. The molecule has 19 heavy (non-hydrogen) atoms. The maximum atomic E-state index is 4.67. The summed E-state index contributed by atoms with van der Waals surface area (Å²) in [6.45, 7) is 8.27. The van der Waals surface area contributed by atoms with E-state index in [1.54, 1.807) is 18.6 Å². The topological polar surface area (TPSA) is 63.6 Å². The van der Waals surface area contributed by atoms with Crippen molar-refractivity contribution in [1.29, 1.82) is 0 Å².